The molecule has 1 heteroatoms. The molecule has 0 N–H and O–H groups in total. The first-order valence-electron chi connectivity index (χ1n) is 4.16. The highest BCUT2D eigenvalue weighted by Gasteiger charge is 2.02. The van der Waals surface area contributed by atoms with Crippen LogP contribution in [0.25, 0.3) is 0 Å². The van der Waals surface area contributed by atoms with Crippen LogP contribution in [0.15, 0.2) is 48.2 Å². The van der Waals surface area contributed by atoms with Gasteiger partial charge in [0.1, 0.15) is 0 Å². The molecule has 2 rings (SSSR count). The van der Waals surface area contributed by atoms with Gasteiger partial charge >= 0.3 is 0 Å². The summed E-state index contributed by atoms with van der Waals surface area (Å²) < 4.78 is 0. The van der Waals surface area contributed by atoms with Gasteiger partial charge in [-0.25, -0.2) is 0 Å². The lowest BCUT2D eigenvalue weighted by molar-refractivity contribution is 0.941. The predicted molar refractivity (Wildman–Crippen MR) is 51.3 cm³/mol. The third kappa shape index (κ3) is 1.41. The molecule has 0 spiro atoms. The SMILES string of the molecule is C1=CCN(c2ccccc2)CC=1. The van der Waals surface area contributed by atoms with Crippen LogP contribution in [0, 0.1) is 0 Å². The second-order valence-corrected chi connectivity index (χ2v) is 2.82. The minimum absolute atomic E-state index is 0.973. The maximum absolute atomic E-state index is 3.09. The average Bonchev–Trinajstić information content (AvgIpc) is 2.21. The maximum Gasteiger partial charge on any atom is 0.0437 e. The number of nitrogens with zero attached hydrogens (tertiary/aromatic N) is 1. The Balaban J connectivity index is 2.17. The first kappa shape index (κ1) is 7.20. The van der Waals surface area contributed by atoms with Gasteiger partial charge in [-0.05, 0) is 24.3 Å². The Morgan fingerprint density at radius 2 is 1.67 bits per heavy atom. The molecule has 0 aliphatic carbocycles. The van der Waals surface area contributed by atoms with E-state index in [9.17, 15) is 0 Å². The lowest BCUT2D eigenvalue weighted by Crippen LogP contribution is -2.24. The summed E-state index contributed by atoms with van der Waals surface area (Å²) in [6, 6.07) is 10.4. The summed E-state index contributed by atoms with van der Waals surface area (Å²) in [7, 11) is 0. The van der Waals surface area contributed by atoms with E-state index >= 15 is 0 Å². The normalized spacial score (nSPS) is 15.2. The van der Waals surface area contributed by atoms with Crippen molar-refractivity contribution in [3.05, 3.63) is 48.2 Å². The molecular weight excluding hydrogens is 146 g/mol. The van der Waals surface area contributed by atoms with Crippen LogP contribution < -0.4 is 4.90 Å². The van der Waals surface area contributed by atoms with E-state index in [1.54, 1.807) is 0 Å². The fraction of sp³-hybridized carbons (Fsp3) is 0.182. The number of hydrogen-bond acceptors (Lipinski definition) is 1. The predicted octanol–water partition coefficient (Wildman–Crippen LogP) is 2.22. The van der Waals surface area contributed by atoms with Crippen LogP contribution in [0.3, 0.4) is 0 Å². The van der Waals surface area contributed by atoms with Crippen LogP contribution in [-0.4, -0.2) is 13.1 Å². The molecule has 0 fully saturated rings. The van der Waals surface area contributed by atoms with Gasteiger partial charge in [-0.3, -0.25) is 0 Å². The van der Waals surface area contributed by atoms with Crippen molar-refractivity contribution >= 4 is 5.69 Å². The zero-order valence-corrected chi connectivity index (χ0v) is 6.90. The topological polar surface area (TPSA) is 3.24 Å². The van der Waals surface area contributed by atoms with E-state index in [0.29, 0.717) is 0 Å². The molecule has 0 unspecified atom stereocenters. The Kier molecular flexibility index (Phi) is 1.98. The Bertz CT molecular complexity index is 297. The number of para-hydroxylation sites is 1. The highest BCUT2D eigenvalue weighted by molar-refractivity contribution is 5.47. The van der Waals surface area contributed by atoms with E-state index in [4.69, 9.17) is 0 Å². The van der Waals surface area contributed by atoms with E-state index in [-0.39, 0.29) is 0 Å². The molecule has 1 aliphatic rings. The zero-order valence-electron chi connectivity index (χ0n) is 6.90. The van der Waals surface area contributed by atoms with E-state index in [1.807, 2.05) is 6.07 Å². The molecule has 0 amide bonds. The van der Waals surface area contributed by atoms with Gasteiger partial charge in [-0.2, -0.15) is 0 Å². The van der Waals surface area contributed by atoms with Crippen LogP contribution >= 0.6 is 0 Å². The molecule has 0 aromatic heterocycles. The number of hydrogen-bond donors (Lipinski definition) is 0. The van der Waals surface area contributed by atoms with Crippen LogP contribution in [0.4, 0.5) is 5.69 Å². The Morgan fingerprint density at radius 3 is 2.33 bits per heavy atom. The third-order valence-corrected chi connectivity index (χ3v) is 1.98. The molecule has 1 aliphatic heterocycles. The quantitative estimate of drug-likeness (QED) is 0.565. The molecule has 0 atom stereocenters. The second kappa shape index (κ2) is 3.29. The summed E-state index contributed by atoms with van der Waals surface area (Å²) in [5.41, 5.74) is 4.38. The van der Waals surface area contributed by atoms with Crippen LogP contribution in [-0.2, 0) is 0 Å². The number of benzene rings is 1. The standard InChI is InChI=1S/C11H11N/c1-3-7-11(8-4-1)12-9-5-2-6-10-12/h1,3-8H,9-10H2. The zero-order chi connectivity index (χ0) is 8.23. The van der Waals surface area contributed by atoms with E-state index in [1.165, 1.54) is 5.69 Å². The van der Waals surface area contributed by atoms with Crippen molar-refractivity contribution in [3.8, 4) is 0 Å². The minimum Gasteiger partial charge on any atom is -0.363 e. The summed E-state index contributed by atoms with van der Waals surface area (Å²) >= 11 is 0. The molecule has 0 saturated carbocycles. The first-order valence-corrected chi connectivity index (χ1v) is 4.16. The molecule has 0 saturated heterocycles. The molecule has 1 aromatic carbocycles. The summed E-state index contributed by atoms with van der Waals surface area (Å²) in [6.07, 6.45) is 4.10. The van der Waals surface area contributed by atoms with Gasteiger partial charge < -0.3 is 4.90 Å². The smallest absolute Gasteiger partial charge is 0.0437 e. The van der Waals surface area contributed by atoms with Crippen molar-refractivity contribution in [2.24, 2.45) is 0 Å². The maximum atomic E-state index is 3.09. The first-order chi connectivity index (χ1) is 5.97. The third-order valence-electron chi connectivity index (χ3n) is 1.98. The van der Waals surface area contributed by atoms with Gasteiger partial charge in [0.25, 0.3) is 0 Å². The summed E-state index contributed by atoms with van der Waals surface area (Å²) in [5.74, 6) is 0. The van der Waals surface area contributed by atoms with Crippen LogP contribution in [0.2, 0.25) is 0 Å². The molecule has 0 radical (unpaired) electrons. The van der Waals surface area contributed by atoms with Crippen molar-refractivity contribution in [2.45, 2.75) is 0 Å². The van der Waals surface area contributed by atoms with E-state index in [0.717, 1.165) is 13.1 Å². The number of rotatable bonds is 1. The van der Waals surface area contributed by atoms with Gasteiger partial charge in [0, 0.05) is 18.8 Å². The lowest BCUT2D eigenvalue weighted by Gasteiger charge is -2.22. The van der Waals surface area contributed by atoms with E-state index < -0.39 is 0 Å². The summed E-state index contributed by atoms with van der Waals surface area (Å²) in [4.78, 5) is 2.30. The van der Waals surface area contributed by atoms with Gasteiger partial charge in [-0.15, -0.1) is 5.73 Å². The van der Waals surface area contributed by atoms with Crippen molar-refractivity contribution in [1.29, 1.82) is 0 Å². The highest BCUT2D eigenvalue weighted by atomic mass is 15.1. The van der Waals surface area contributed by atoms with Crippen molar-refractivity contribution < 1.29 is 0 Å². The Morgan fingerprint density at radius 1 is 1.00 bits per heavy atom. The van der Waals surface area contributed by atoms with Crippen molar-refractivity contribution in [3.63, 3.8) is 0 Å². The van der Waals surface area contributed by atoms with Crippen LogP contribution in [0.5, 0.6) is 0 Å². The van der Waals surface area contributed by atoms with E-state index in [2.05, 4.69) is 47.0 Å². The molecular formula is C11H11N. The fourth-order valence-corrected chi connectivity index (χ4v) is 1.33. The summed E-state index contributed by atoms with van der Waals surface area (Å²) in [6.45, 7) is 1.95. The van der Waals surface area contributed by atoms with Gasteiger partial charge in [-0.1, -0.05) is 18.2 Å². The van der Waals surface area contributed by atoms with Gasteiger partial charge in [0.15, 0.2) is 0 Å². The van der Waals surface area contributed by atoms with Crippen LogP contribution in [0.1, 0.15) is 0 Å². The molecule has 12 heavy (non-hydrogen) atoms. The number of anilines is 1. The van der Waals surface area contributed by atoms with Crippen molar-refractivity contribution in [2.75, 3.05) is 18.0 Å². The molecule has 0 bridgehead atoms. The van der Waals surface area contributed by atoms with Gasteiger partial charge in [0.05, 0.1) is 0 Å². The second-order valence-electron chi connectivity index (χ2n) is 2.82. The largest absolute Gasteiger partial charge is 0.363 e. The Labute approximate surface area is 72.6 Å². The molecule has 1 aromatic rings. The highest BCUT2D eigenvalue weighted by Crippen LogP contribution is 2.13. The van der Waals surface area contributed by atoms with Crippen molar-refractivity contribution in [1.82, 2.24) is 0 Å². The molecule has 1 heterocycles. The monoisotopic (exact) mass is 157 g/mol. The minimum atomic E-state index is 0.973. The fourth-order valence-electron chi connectivity index (χ4n) is 1.33. The summed E-state index contributed by atoms with van der Waals surface area (Å²) in [5, 5.41) is 0. The molecule has 60 valence electrons. The lowest BCUT2D eigenvalue weighted by atomic mass is 10.2. The average molecular weight is 157 g/mol. The Hall–Kier alpha value is -1.46. The molecule has 1 nitrogen and oxygen atoms in total. The van der Waals surface area contributed by atoms with Gasteiger partial charge in [0.2, 0.25) is 0 Å².